The molecule has 5 heteroatoms. The van der Waals surface area contributed by atoms with E-state index in [1.807, 2.05) is 6.92 Å². The molecule has 2 heterocycles. The molecule has 0 aliphatic carbocycles. The van der Waals surface area contributed by atoms with E-state index in [0.717, 1.165) is 0 Å². The van der Waals surface area contributed by atoms with Gasteiger partial charge in [0, 0.05) is 25.4 Å². The molecule has 5 nitrogen and oxygen atoms in total. The first-order valence-electron chi connectivity index (χ1n) is 5.63. The fourth-order valence-electron chi connectivity index (χ4n) is 2.04. The Morgan fingerprint density at radius 3 is 2.94 bits per heavy atom. The summed E-state index contributed by atoms with van der Waals surface area (Å²) in [6.45, 7) is 3.90. The van der Waals surface area contributed by atoms with Crippen molar-refractivity contribution < 1.29 is 19.1 Å². The van der Waals surface area contributed by atoms with Crippen LogP contribution in [-0.4, -0.2) is 34.8 Å². The molecule has 1 atom stereocenters. The molecule has 1 aliphatic rings. The maximum Gasteiger partial charge on any atom is 0.371 e. The van der Waals surface area contributed by atoms with Crippen molar-refractivity contribution in [1.82, 2.24) is 4.90 Å². The number of carboxylic acid groups (broad SMARTS) is 1. The van der Waals surface area contributed by atoms with Crippen LogP contribution in [0.3, 0.4) is 0 Å². The Kier molecular flexibility index (Phi) is 3.28. The molecule has 17 heavy (non-hydrogen) atoms. The van der Waals surface area contributed by atoms with Crippen LogP contribution in [0.1, 0.15) is 29.7 Å². The molecule has 0 amide bonds. The Morgan fingerprint density at radius 2 is 2.35 bits per heavy atom. The quantitative estimate of drug-likeness (QED) is 0.860. The van der Waals surface area contributed by atoms with Crippen molar-refractivity contribution in [2.24, 2.45) is 5.92 Å². The molecule has 1 aliphatic heterocycles. The van der Waals surface area contributed by atoms with E-state index in [1.54, 1.807) is 6.07 Å². The van der Waals surface area contributed by atoms with E-state index >= 15 is 0 Å². The zero-order chi connectivity index (χ0) is 12.4. The Balaban J connectivity index is 1.96. The summed E-state index contributed by atoms with van der Waals surface area (Å²) in [7, 11) is 0. The molecule has 1 fully saturated rings. The van der Waals surface area contributed by atoms with Crippen LogP contribution in [0.15, 0.2) is 16.5 Å². The number of nitrogens with zero attached hydrogens (tertiary/aromatic N) is 1. The van der Waals surface area contributed by atoms with E-state index in [-0.39, 0.29) is 11.7 Å². The summed E-state index contributed by atoms with van der Waals surface area (Å²) in [4.78, 5) is 24.1. The zero-order valence-electron chi connectivity index (χ0n) is 9.68. The lowest BCUT2D eigenvalue weighted by Crippen LogP contribution is -2.38. The number of aromatic carboxylic acids is 1. The first-order chi connectivity index (χ1) is 8.06. The zero-order valence-corrected chi connectivity index (χ0v) is 9.68. The van der Waals surface area contributed by atoms with Gasteiger partial charge in [0.25, 0.3) is 0 Å². The van der Waals surface area contributed by atoms with E-state index < -0.39 is 5.97 Å². The summed E-state index contributed by atoms with van der Waals surface area (Å²) in [5.41, 5.74) is 0. The number of Topliss-reactive ketones (excluding diaryl/α,β-unsaturated/α-hetero) is 1. The average Bonchev–Trinajstić information content (AvgIpc) is 2.72. The van der Waals surface area contributed by atoms with Crippen LogP contribution >= 0.6 is 0 Å². The van der Waals surface area contributed by atoms with E-state index in [9.17, 15) is 9.59 Å². The molecule has 0 radical (unpaired) electrons. The molecule has 0 saturated carbocycles. The smallest absolute Gasteiger partial charge is 0.371 e. The largest absolute Gasteiger partial charge is 0.475 e. The van der Waals surface area contributed by atoms with Crippen LogP contribution < -0.4 is 0 Å². The van der Waals surface area contributed by atoms with Gasteiger partial charge in [0.15, 0.2) is 0 Å². The SMILES string of the molecule is CC1CN(Cc2ccc(C(=O)O)o2)CCC1=O. The number of ketones is 1. The van der Waals surface area contributed by atoms with Crippen LogP contribution in [0.25, 0.3) is 0 Å². The van der Waals surface area contributed by atoms with Gasteiger partial charge >= 0.3 is 5.97 Å². The van der Waals surface area contributed by atoms with Crippen molar-refractivity contribution >= 4 is 11.8 Å². The Hall–Kier alpha value is -1.62. The number of carbonyl (C=O) groups is 2. The van der Waals surface area contributed by atoms with Gasteiger partial charge in [-0.05, 0) is 12.1 Å². The molecule has 1 N–H and O–H groups in total. The molecule has 0 spiro atoms. The fraction of sp³-hybridized carbons (Fsp3) is 0.500. The average molecular weight is 237 g/mol. The minimum absolute atomic E-state index is 0.0406. The second kappa shape index (κ2) is 4.71. The van der Waals surface area contributed by atoms with Crippen LogP contribution in [-0.2, 0) is 11.3 Å². The minimum Gasteiger partial charge on any atom is -0.475 e. The number of hydrogen-bond donors (Lipinski definition) is 1. The summed E-state index contributed by atoms with van der Waals surface area (Å²) in [6.07, 6.45) is 0.563. The van der Waals surface area contributed by atoms with Crippen molar-refractivity contribution in [2.75, 3.05) is 13.1 Å². The van der Waals surface area contributed by atoms with Gasteiger partial charge < -0.3 is 9.52 Å². The van der Waals surface area contributed by atoms with Crippen molar-refractivity contribution in [1.29, 1.82) is 0 Å². The molecule has 1 unspecified atom stereocenters. The predicted octanol–water partition coefficient (Wildman–Crippen LogP) is 1.39. The van der Waals surface area contributed by atoms with Gasteiger partial charge in [0.2, 0.25) is 5.76 Å². The van der Waals surface area contributed by atoms with E-state index in [0.29, 0.717) is 37.6 Å². The van der Waals surface area contributed by atoms with Gasteiger partial charge in [-0.2, -0.15) is 0 Å². The molecule has 1 saturated heterocycles. The second-order valence-corrected chi connectivity index (χ2v) is 4.42. The topological polar surface area (TPSA) is 70.8 Å². The normalized spacial score (nSPS) is 21.7. The number of hydrogen-bond acceptors (Lipinski definition) is 4. The molecule has 1 aromatic rings. The van der Waals surface area contributed by atoms with E-state index in [1.165, 1.54) is 6.07 Å². The lowest BCUT2D eigenvalue weighted by Gasteiger charge is -2.28. The van der Waals surface area contributed by atoms with Gasteiger partial charge in [0.1, 0.15) is 11.5 Å². The van der Waals surface area contributed by atoms with Gasteiger partial charge in [-0.3, -0.25) is 9.69 Å². The summed E-state index contributed by atoms with van der Waals surface area (Å²) >= 11 is 0. The standard InChI is InChI=1S/C12H15NO4/c1-8-6-13(5-4-10(8)14)7-9-2-3-11(17-9)12(15)16/h2-3,8H,4-7H2,1H3,(H,15,16). The number of rotatable bonds is 3. The molecular formula is C12H15NO4. The number of piperidine rings is 1. The van der Waals surface area contributed by atoms with Crippen LogP contribution in [0.5, 0.6) is 0 Å². The molecule has 0 aromatic carbocycles. The highest BCUT2D eigenvalue weighted by Gasteiger charge is 2.24. The maximum absolute atomic E-state index is 11.4. The fourth-order valence-corrected chi connectivity index (χ4v) is 2.04. The maximum atomic E-state index is 11.4. The highest BCUT2D eigenvalue weighted by atomic mass is 16.4. The van der Waals surface area contributed by atoms with E-state index in [4.69, 9.17) is 9.52 Å². The van der Waals surface area contributed by atoms with Crippen molar-refractivity contribution in [2.45, 2.75) is 19.9 Å². The summed E-state index contributed by atoms with van der Waals surface area (Å²) < 4.78 is 5.18. The molecular weight excluding hydrogens is 222 g/mol. The van der Waals surface area contributed by atoms with Crippen molar-refractivity contribution in [3.8, 4) is 0 Å². The third-order valence-electron chi connectivity index (χ3n) is 3.01. The number of carbonyl (C=O) groups excluding carboxylic acids is 1. The third kappa shape index (κ3) is 2.74. The summed E-state index contributed by atoms with van der Waals surface area (Å²) in [6, 6.07) is 3.13. The summed E-state index contributed by atoms with van der Waals surface area (Å²) in [5, 5.41) is 8.73. The highest BCUT2D eigenvalue weighted by Crippen LogP contribution is 2.16. The number of carboxylic acids is 1. The van der Waals surface area contributed by atoms with Gasteiger partial charge in [-0.25, -0.2) is 4.79 Å². The van der Waals surface area contributed by atoms with Crippen molar-refractivity contribution in [3.63, 3.8) is 0 Å². The van der Waals surface area contributed by atoms with Crippen LogP contribution in [0.2, 0.25) is 0 Å². The third-order valence-corrected chi connectivity index (χ3v) is 3.01. The number of furan rings is 1. The lowest BCUT2D eigenvalue weighted by atomic mass is 9.99. The van der Waals surface area contributed by atoms with Crippen molar-refractivity contribution in [3.05, 3.63) is 23.7 Å². The Bertz CT molecular complexity index is 437. The van der Waals surface area contributed by atoms with Gasteiger partial charge in [-0.1, -0.05) is 6.92 Å². The Labute approximate surface area is 99.0 Å². The number of likely N-dealkylation sites (tertiary alicyclic amines) is 1. The first-order valence-corrected chi connectivity index (χ1v) is 5.63. The van der Waals surface area contributed by atoms with Gasteiger partial charge in [-0.15, -0.1) is 0 Å². The molecule has 2 rings (SSSR count). The van der Waals surface area contributed by atoms with Gasteiger partial charge in [0.05, 0.1) is 6.54 Å². The summed E-state index contributed by atoms with van der Waals surface area (Å²) in [5.74, 6) is -0.118. The van der Waals surface area contributed by atoms with E-state index in [2.05, 4.69) is 4.90 Å². The predicted molar refractivity (Wildman–Crippen MR) is 59.7 cm³/mol. The minimum atomic E-state index is -1.06. The monoisotopic (exact) mass is 237 g/mol. The van der Waals surface area contributed by atoms with Crippen LogP contribution in [0, 0.1) is 5.92 Å². The molecule has 1 aromatic heterocycles. The molecule has 0 bridgehead atoms. The van der Waals surface area contributed by atoms with Crippen LogP contribution in [0.4, 0.5) is 0 Å². The molecule has 92 valence electrons. The highest BCUT2D eigenvalue weighted by molar-refractivity contribution is 5.84. The first kappa shape index (κ1) is 11.9. The Morgan fingerprint density at radius 1 is 1.59 bits per heavy atom. The second-order valence-electron chi connectivity index (χ2n) is 4.42. The lowest BCUT2D eigenvalue weighted by molar-refractivity contribution is -0.125.